The van der Waals surface area contributed by atoms with Gasteiger partial charge >= 0.3 is 0 Å². The summed E-state index contributed by atoms with van der Waals surface area (Å²) in [6.45, 7) is 6.87. The number of aryl methyl sites for hydroxylation is 1. The number of nitrogens with zero attached hydrogens (tertiary/aromatic N) is 5. The van der Waals surface area contributed by atoms with Crippen LogP contribution in [0.5, 0.6) is 0 Å². The second-order valence-corrected chi connectivity index (χ2v) is 9.35. The van der Waals surface area contributed by atoms with Crippen molar-refractivity contribution < 1.29 is 4.79 Å². The molecule has 1 aliphatic rings. The van der Waals surface area contributed by atoms with E-state index in [-0.39, 0.29) is 5.91 Å². The molecule has 0 atom stereocenters. The van der Waals surface area contributed by atoms with Crippen LogP contribution >= 0.6 is 0 Å². The Kier molecular flexibility index (Phi) is 7.49. The topological polar surface area (TPSA) is 86.3 Å². The van der Waals surface area contributed by atoms with Crippen LogP contribution in [0, 0.1) is 6.92 Å². The van der Waals surface area contributed by atoms with Gasteiger partial charge in [-0.1, -0.05) is 24.3 Å². The second kappa shape index (κ2) is 11.3. The van der Waals surface area contributed by atoms with E-state index in [1.54, 1.807) is 18.6 Å². The zero-order chi connectivity index (χ0) is 25.6. The van der Waals surface area contributed by atoms with Gasteiger partial charge in [-0.2, -0.15) is 0 Å². The van der Waals surface area contributed by atoms with Crippen LogP contribution in [-0.4, -0.2) is 63.9 Å². The van der Waals surface area contributed by atoms with Crippen LogP contribution in [0.4, 0.5) is 17.3 Å². The van der Waals surface area contributed by atoms with E-state index in [0.717, 1.165) is 60.8 Å². The van der Waals surface area contributed by atoms with Gasteiger partial charge in [0.15, 0.2) is 0 Å². The van der Waals surface area contributed by atoms with Gasteiger partial charge in [0.25, 0.3) is 5.91 Å². The molecular formula is C29H31N7O. The van der Waals surface area contributed by atoms with Crippen molar-refractivity contribution in [3.8, 4) is 11.3 Å². The van der Waals surface area contributed by atoms with Crippen LogP contribution in [0.15, 0.2) is 79.3 Å². The Morgan fingerprint density at radius 1 is 0.973 bits per heavy atom. The zero-order valence-corrected chi connectivity index (χ0v) is 21.2. The zero-order valence-electron chi connectivity index (χ0n) is 21.2. The molecule has 1 amide bonds. The van der Waals surface area contributed by atoms with Crippen molar-refractivity contribution in [2.75, 3.05) is 43.9 Å². The summed E-state index contributed by atoms with van der Waals surface area (Å²) < 4.78 is 0. The molecule has 1 saturated heterocycles. The van der Waals surface area contributed by atoms with E-state index in [1.807, 2.05) is 67.6 Å². The van der Waals surface area contributed by atoms with Crippen molar-refractivity contribution in [2.24, 2.45) is 0 Å². The first-order chi connectivity index (χ1) is 18.0. The first-order valence-corrected chi connectivity index (χ1v) is 12.5. The van der Waals surface area contributed by atoms with Gasteiger partial charge in [-0.25, -0.2) is 9.97 Å². The number of amides is 1. The Labute approximate surface area is 217 Å². The van der Waals surface area contributed by atoms with E-state index in [4.69, 9.17) is 0 Å². The Bertz CT molecular complexity index is 1370. The maximum atomic E-state index is 13.3. The lowest BCUT2D eigenvalue weighted by molar-refractivity contribution is 0.102. The van der Waals surface area contributed by atoms with Crippen LogP contribution in [0.2, 0.25) is 0 Å². The molecule has 1 aliphatic heterocycles. The summed E-state index contributed by atoms with van der Waals surface area (Å²) in [4.78, 5) is 31.2. The highest BCUT2D eigenvalue weighted by Gasteiger charge is 2.18. The Hall–Kier alpha value is -4.14. The van der Waals surface area contributed by atoms with E-state index in [1.165, 1.54) is 0 Å². The van der Waals surface area contributed by atoms with Crippen molar-refractivity contribution in [3.05, 3.63) is 95.9 Å². The lowest BCUT2D eigenvalue weighted by Gasteiger charge is -2.32. The maximum absolute atomic E-state index is 13.3. The minimum atomic E-state index is -0.116. The number of carbonyl (C=O) groups is 1. The standard InChI is InChI=1S/C29H31N7O/c1-21-9-10-24(18-27(21)34-29-31-13-11-26(33-29)22-7-5-12-30-19-22)32-28(37)25-8-4-3-6-23(25)20-36-16-14-35(2)15-17-36/h3-13,18-19H,14-17,20H2,1-2H3,(H,32,37)(H,31,33,34). The van der Waals surface area contributed by atoms with Crippen molar-refractivity contribution in [1.29, 1.82) is 0 Å². The highest BCUT2D eigenvalue weighted by atomic mass is 16.1. The molecule has 8 heteroatoms. The molecular weight excluding hydrogens is 462 g/mol. The Morgan fingerprint density at radius 3 is 2.62 bits per heavy atom. The number of piperazine rings is 1. The van der Waals surface area contributed by atoms with Crippen molar-refractivity contribution >= 4 is 23.2 Å². The molecule has 8 nitrogen and oxygen atoms in total. The number of anilines is 3. The molecule has 0 unspecified atom stereocenters. The summed E-state index contributed by atoms with van der Waals surface area (Å²) in [5, 5.41) is 6.38. The summed E-state index contributed by atoms with van der Waals surface area (Å²) in [6, 6.07) is 19.3. The molecule has 0 saturated carbocycles. The molecule has 188 valence electrons. The fourth-order valence-corrected chi connectivity index (χ4v) is 4.37. The molecule has 2 aromatic heterocycles. The molecule has 1 fully saturated rings. The average Bonchev–Trinajstić information content (AvgIpc) is 2.93. The van der Waals surface area contributed by atoms with E-state index in [9.17, 15) is 4.79 Å². The number of carbonyl (C=O) groups excluding carboxylic acids is 1. The van der Waals surface area contributed by atoms with Crippen LogP contribution in [0.25, 0.3) is 11.3 Å². The van der Waals surface area contributed by atoms with Gasteiger partial charge in [0.2, 0.25) is 5.95 Å². The van der Waals surface area contributed by atoms with Crippen LogP contribution in [0.3, 0.4) is 0 Å². The monoisotopic (exact) mass is 493 g/mol. The summed E-state index contributed by atoms with van der Waals surface area (Å²) >= 11 is 0. The fourth-order valence-electron chi connectivity index (χ4n) is 4.37. The molecule has 0 bridgehead atoms. The quantitative estimate of drug-likeness (QED) is 0.389. The molecule has 0 aliphatic carbocycles. The third kappa shape index (κ3) is 6.17. The largest absolute Gasteiger partial charge is 0.324 e. The van der Waals surface area contributed by atoms with E-state index < -0.39 is 0 Å². The van der Waals surface area contributed by atoms with Gasteiger partial charge in [-0.05, 0) is 61.5 Å². The van der Waals surface area contributed by atoms with Crippen LogP contribution < -0.4 is 10.6 Å². The Morgan fingerprint density at radius 2 is 1.81 bits per heavy atom. The maximum Gasteiger partial charge on any atom is 0.255 e. The SMILES string of the molecule is Cc1ccc(NC(=O)c2ccccc2CN2CCN(C)CC2)cc1Nc1nccc(-c2cccnc2)n1. The number of benzene rings is 2. The van der Waals surface area contributed by atoms with Gasteiger partial charge in [-0.3, -0.25) is 14.7 Å². The highest BCUT2D eigenvalue weighted by molar-refractivity contribution is 6.05. The molecule has 2 aromatic carbocycles. The predicted octanol–water partition coefficient (Wildman–Crippen LogP) is 4.59. The molecule has 5 rings (SSSR count). The van der Waals surface area contributed by atoms with Crippen LogP contribution in [0.1, 0.15) is 21.5 Å². The lowest BCUT2D eigenvalue weighted by Crippen LogP contribution is -2.44. The van der Waals surface area contributed by atoms with Gasteiger partial charge < -0.3 is 15.5 Å². The minimum absolute atomic E-state index is 0.116. The number of rotatable bonds is 7. The number of hydrogen-bond acceptors (Lipinski definition) is 7. The molecule has 0 spiro atoms. The summed E-state index contributed by atoms with van der Waals surface area (Å²) in [5.41, 5.74) is 5.98. The lowest BCUT2D eigenvalue weighted by atomic mass is 10.1. The van der Waals surface area contributed by atoms with Gasteiger partial charge in [0, 0.05) is 73.8 Å². The smallest absolute Gasteiger partial charge is 0.255 e. The third-order valence-corrected chi connectivity index (χ3v) is 6.61. The molecule has 0 radical (unpaired) electrons. The number of aromatic nitrogens is 3. The van der Waals surface area contributed by atoms with E-state index >= 15 is 0 Å². The van der Waals surface area contributed by atoms with E-state index in [2.05, 4.69) is 42.4 Å². The molecule has 37 heavy (non-hydrogen) atoms. The number of likely N-dealkylation sites (N-methyl/N-ethyl adjacent to an activating group) is 1. The molecule has 4 aromatic rings. The van der Waals surface area contributed by atoms with Crippen molar-refractivity contribution in [2.45, 2.75) is 13.5 Å². The molecule has 2 N–H and O–H groups in total. The van der Waals surface area contributed by atoms with Crippen molar-refractivity contribution in [1.82, 2.24) is 24.8 Å². The number of pyridine rings is 1. The number of hydrogen-bond donors (Lipinski definition) is 2. The first kappa shape index (κ1) is 24.5. The summed E-state index contributed by atoms with van der Waals surface area (Å²) in [7, 11) is 2.15. The first-order valence-electron chi connectivity index (χ1n) is 12.5. The predicted molar refractivity (Wildman–Crippen MR) is 147 cm³/mol. The van der Waals surface area contributed by atoms with Gasteiger partial charge in [-0.15, -0.1) is 0 Å². The fraction of sp³-hybridized carbons (Fsp3) is 0.241. The van der Waals surface area contributed by atoms with E-state index in [0.29, 0.717) is 17.2 Å². The number of nitrogens with one attached hydrogen (secondary N) is 2. The van der Waals surface area contributed by atoms with Crippen LogP contribution in [-0.2, 0) is 6.54 Å². The summed E-state index contributed by atoms with van der Waals surface area (Å²) in [6.07, 6.45) is 5.23. The minimum Gasteiger partial charge on any atom is -0.324 e. The van der Waals surface area contributed by atoms with Crippen molar-refractivity contribution in [3.63, 3.8) is 0 Å². The normalized spacial score (nSPS) is 14.3. The second-order valence-electron chi connectivity index (χ2n) is 9.35. The van der Waals surface area contributed by atoms with Gasteiger partial charge in [0.05, 0.1) is 5.69 Å². The van der Waals surface area contributed by atoms with Gasteiger partial charge in [0.1, 0.15) is 0 Å². The molecule has 3 heterocycles. The average molecular weight is 494 g/mol. The summed E-state index contributed by atoms with van der Waals surface area (Å²) in [5.74, 6) is 0.361. The highest BCUT2D eigenvalue weighted by Crippen LogP contribution is 2.25. The Balaban J connectivity index is 1.31. The third-order valence-electron chi connectivity index (χ3n) is 6.61.